The summed E-state index contributed by atoms with van der Waals surface area (Å²) in [5.41, 5.74) is 0.668. The summed E-state index contributed by atoms with van der Waals surface area (Å²) in [7, 11) is 0. The quantitative estimate of drug-likeness (QED) is 0.762. The Morgan fingerprint density at radius 3 is 2.73 bits per heavy atom. The average Bonchev–Trinajstić information content (AvgIpc) is 3.06. The maximum absolute atomic E-state index is 12.7. The highest BCUT2D eigenvalue weighted by molar-refractivity contribution is 5.83. The lowest BCUT2D eigenvalue weighted by atomic mass is 9.84. The van der Waals surface area contributed by atoms with Gasteiger partial charge in [-0.15, -0.1) is 0 Å². The molecular formula is C25H32N2O3. The molecule has 2 aliphatic heterocycles. The van der Waals surface area contributed by atoms with Crippen LogP contribution in [0.4, 0.5) is 0 Å². The first-order chi connectivity index (χ1) is 14.3. The van der Waals surface area contributed by atoms with Gasteiger partial charge in [0, 0.05) is 31.0 Å². The second-order valence-corrected chi connectivity index (χ2v) is 9.55. The topological polar surface area (TPSA) is 67.4 Å². The Hall–Kier alpha value is -2.40. The van der Waals surface area contributed by atoms with E-state index in [2.05, 4.69) is 54.8 Å². The van der Waals surface area contributed by atoms with E-state index in [0.717, 1.165) is 25.7 Å². The van der Waals surface area contributed by atoms with Crippen molar-refractivity contribution in [3.05, 3.63) is 48.0 Å². The van der Waals surface area contributed by atoms with Crippen molar-refractivity contribution in [3.8, 4) is 0 Å². The molecule has 2 heterocycles. The molecule has 2 fully saturated rings. The zero-order chi connectivity index (χ0) is 21.2. The average molecular weight is 409 g/mol. The van der Waals surface area contributed by atoms with Crippen LogP contribution in [0, 0.1) is 0 Å². The Balaban J connectivity index is 1.40. The molecule has 0 unspecified atom stereocenters. The van der Waals surface area contributed by atoms with Crippen molar-refractivity contribution in [1.82, 2.24) is 10.6 Å². The van der Waals surface area contributed by atoms with Gasteiger partial charge in [-0.3, -0.25) is 9.59 Å². The first-order valence-corrected chi connectivity index (χ1v) is 11.0. The van der Waals surface area contributed by atoms with Crippen molar-refractivity contribution in [3.63, 3.8) is 0 Å². The standard InChI is InChI=1S/C25H32N2O3/c1-24(2)17-21(11-14-30-24)26-22(28)9-12-25(13-10-23(29)27-25)16-18-7-8-19-5-3-4-6-20(19)15-18/h3-8,15,21H,9-14,16-17H2,1-2H3,(H,26,28)(H,27,29)/t21-,25-/m1/s1. The number of carbonyl (C=O) groups is 2. The number of hydrogen-bond donors (Lipinski definition) is 2. The van der Waals surface area contributed by atoms with Crippen LogP contribution in [0.3, 0.4) is 0 Å². The van der Waals surface area contributed by atoms with Crippen LogP contribution in [0.1, 0.15) is 57.9 Å². The Kier molecular flexibility index (Phi) is 5.83. The van der Waals surface area contributed by atoms with Crippen LogP contribution in [0.15, 0.2) is 42.5 Å². The highest BCUT2D eigenvalue weighted by Crippen LogP contribution is 2.31. The smallest absolute Gasteiger partial charge is 0.220 e. The van der Waals surface area contributed by atoms with Gasteiger partial charge in [-0.25, -0.2) is 0 Å². The highest BCUT2D eigenvalue weighted by Gasteiger charge is 2.38. The largest absolute Gasteiger partial charge is 0.375 e. The minimum atomic E-state index is -0.341. The van der Waals surface area contributed by atoms with Crippen LogP contribution < -0.4 is 10.6 Å². The maximum atomic E-state index is 12.7. The fourth-order valence-corrected chi connectivity index (χ4v) is 4.93. The summed E-state index contributed by atoms with van der Waals surface area (Å²) in [5.74, 6) is 0.152. The van der Waals surface area contributed by atoms with Crippen molar-refractivity contribution >= 4 is 22.6 Å². The zero-order valence-corrected chi connectivity index (χ0v) is 18.0. The van der Waals surface area contributed by atoms with Crippen LogP contribution in [0.25, 0.3) is 10.8 Å². The van der Waals surface area contributed by atoms with Gasteiger partial charge in [0.1, 0.15) is 0 Å². The predicted molar refractivity (Wildman–Crippen MR) is 118 cm³/mol. The summed E-state index contributed by atoms with van der Waals surface area (Å²) in [5, 5.41) is 8.80. The van der Waals surface area contributed by atoms with Gasteiger partial charge in [0.05, 0.1) is 5.60 Å². The van der Waals surface area contributed by atoms with Crippen molar-refractivity contribution < 1.29 is 14.3 Å². The Bertz CT molecular complexity index is 939. The number of nitrogens with one attached hydrogen (secondary N) is 2. The molecule has 0 bridgehead atoms. The highest BCUT2D eigenvalue weighted by atomic mass is 16.5. The number of ether oxygens (including phenoxy) is 1. The van der Waals surface area contributed by atoms with Crippen LogP contribution >= 0.6 is 0 Å². The van der Waals surface area contributed by atoms with E-state index in [1.165, 1.54) is 16.3 Å². The molecular weight excluding hydrogens is 376 g/mol. The summed E-state index contributed by atoms with van der Waals surface area (Å²) >= 11 is 0. The number of benzene rings is 2. The molecule has 2 aliphatic rings. The van der Waals surface area contributed by atoms with E-state index >= 15 is 0 Å². The van der Waals surface area contributed by atoms with Crippen LogP contribution in [0.5, 0.6) is 0 Å². The molecule has 4 rings (SSSR count). The first kappa shape index (κ1) is 20.9. The molecule has 2 aromatic carbocycles. The second kappa shape index (κ2) is 8.38. The minimum absolute atomic E-state index is 0.0664. The molecule has 2 atom stereocenters. The van der Waals surface area contributed by atoms with E-state index in [9.17, 15) is 9.59 Å². The summed E-state index contributed by atoms with van der Waals surface area (Å²) in [6, 6.07) is 14.9. The van der Waals surface area contributed by atoms with Gasteiger partial charge >= 0.3 is 0 Å². The van der Waals surface area contributed by atoms with E-state index in [1.807, 2.05) is 12.1 Å². The van der Waals surface area contributed by atoms with E-state index in [-0.39, 0.29) is 29.0 Å². The minimum Gasteiger partial charge on any atom is -0.375 e. The number of rotatable bonds is 6. The summed E-state index contributed by atoms with van der Waals surface area (Å²) < 4.78 is 5.74. The van der Waals surface area contributed by atoms with Gasteiger partial charge in [-0.2, -0.15) is 0 Å². The molecule has 0 aromatic heterocycles. The van der Waals surface area contributed by atoms with Crippen molar-refractivity contribution in [2.75, 3.05) is 6.61 Å². The van der Waals surface area contributed by atoms with Gasteiger partial charge in [0.2, 0.25) is 11.8 Å². The molecule has 2 N–H and O–H groups in total. The molecule has 2 aromatic rings. The molecule has 0 radical (unpaired) electrons. The zero-order valence-electron chi connectivity index (χ0n) is 18.0. The fourth-order valence-electron chi connectivity index (χ4n) is 4.93. The summed E-state index contributed by atoms with van der Waals surface area (Å²) in [4.78, 5) is 24.7. The normalized spacial score (nSPS) is 25.8. The van der Waals surface area contributed by atoms with Crippen LogP contribution in [-0.4, -0.2) is 35.6 Å². The lowest BCUT2D eigenvalue weighted by molar-refractivity contribution is -0.125. The monoisotopic (exact) mass is 408 g/mol. The molecule has 5 heteroatoms. The Morgan fingerprint density at radius 1 is 1.20 bits per heavy atom. The fraction of sp³-hybridized carbons (Fsp3) is 0.520. The maximum Gasteiger partial charge on any atom is 0.220 e. The third-order valence-corrected chi connectivity index (χ3v) is 6.48. The number of hydrogen-bond acceptors (Lipinski definition) is 3. The van der Waals surface area contributed by atoms with E-state index in [0.29, 0.717) is 25.9 Å². The lowest BCUT2D eigenvalue weighted by Crippen LogP contribution is -2.47. The summed E-state index contributed by atoms with van der Waals surface area (Å²) in [6.07, 6.45) is 4.82. The van der Waals surface area contributed by atoms with Gasteiger partial charge < -0.3 is 15.4 Å². The molecule has 2 saturated heterocycles. The number of carbonyl (C=O) groups excluding carboxylic acids is 2. The lowest BCUT2D eigenvalue weighted by Gasteiger charge is -2.36. The van der Waals surface area contributed by atoms with E-state index in [4.69, 9.17) is 4.74 Å². The van der Waals surface area contributed by atoms with Crippen molar-refractivity contribution in [1.29, 1.82) is 0 Å². The second-order valence-electron chi connectivity index (χ2n) is 9.55. The van der Waals surface area contributed by atoms with E-state index < -0.39 is 0 Å². The van der Waals surface area contributed by atoms with Crippen LogP contribution in [-0.2, 0) is 20.7 Å². The van der Waals surface area contributed by atoms with Gasteiger partial charge in [-0.1, -0.05) is 42.5 Å². The molecule has 30 heavy (non-hydrogen) atoms. The van der Waals surface area contributed by atoms with Gasteiger partial charge in [0.25, 0.3) is 0 Å². The number of fused-ring (bicyclic) bond motifs is 1. The number of amides is 2. The van der Waals surface area contributed by atoms with Gasteiger partial charge in [-0.05, 0) is 62.3 Å². The first-order valence-electron chi connectivity index (χ1n) is 11.0. The third kappa shape index (κ3) is 5.01. The predicted octanol–water partition coefficient (Wildman–Crippen LogP) is 3.89. The molecule has 0 aliphatic carbocycles. The Labute approximate surface area is 178 Å². The van der Waals surface area contributed by atoms with Crippen LogP contribution in [0.2, 0.25) is 0 Å². The van der Waals surface area contributed by atoms with Crippen molar-refractivity contribution in [2.24, 2.45) is 0 Å². The van der Waals surface area contributed by atoms with E-state index in [1.54, 1.807) is 0 Å². The SMILES string of the molecule is CC1(C)C[C@H](NC(=O)CC[C@]2(Cc3ccc4ccccc4c3)CCC(=O)N2)CCO1. The molecule has 0 spiro atoms. The third-order valence-electron chi connectivity index (χ3n) is 6.48. The van der Waals surface area contributed by atoms with Crippen molar-refractivity contribution in [2.45, 2.75) is 76.0 Å². The van der Waals surface area contributed by atoms with Gasteiger partial charge in [0.15, 0.2) is 0 Å². The molecule has 160 valence electrons. The molecule has 2 amide bonds. The molecule has 0 saturated carbocycles. The Morgan fingerprint density at radius 2 is 2.00 bits per heavy atom. The molecule has 5 nitrogen and oxygen atoms in total. The summed E-state index contributed by atoms with van der Waals surface area (Å²) in [6.45, 7) is 4.82.